The van der Waals surface area contributed by atoms with Crippen molar-refractivity contribution in [3.8, 4) is 0 Å². The average Bonchev–Trinajstić information content (AvgIpc) is 2.29. The first kappa shape index (κ1) is 13.1. The highest BCUT2D eigenvalue weighted by Crippen LogP contribution is 2.14. The van der Waals surface area contributed by atoms with Crippen molar-refractivity contribution in [3.05, 3.63) is 29.8 Å². The summed E-state index contributed by atoms with van der Waals surface area (Å²) in [5.74, 6) is 0.0737. The first-order chi connectivity index (χ1) is 7.60. The van der Waals surface area contributed by atoms with Gasteiger partial charge < -0.3 is 4.90 Å². The maximum atomic E-state index is 12.1. The van der Waals surface area contributed by atoms with Gasteiger partial charge in [0.05, 0.1) is 0 Å². The van der Waals surface area contributed by atoms with Crippen LogP contribution in [0.3, 0.4) is 0 Å². The van der Waals surface area contributed by atoms with E-state index >= 15 is 0 Å². The lowest BCUT2D eigenvalue weighted by Gasteiger charge is -2.26. The predicted molar refractivity (Wildman–Crippen MR) is 70.2 cm³/mol. The van der Waals surface area contributed by atoms with Crippen molar-refractivity contribution in [2.45, 2.75) is 37.6 Å². The number of rotatable bonds is 4. The molecule has 0 aliphatic rings. The van der Waals surface area contributed by atoms with Crippen LogP contribution < -0.4 is 0 Å². The second kappa shape index (κ2) is 5.94. The molecule has 1 amide bonds. The van der Waals surface area contributed by atoms with Crippen molar-refractivity contribution in [1.29, 1.82) is 0 Å². The van der Waals surface area contributed by atoms with Gasteiger partial charge in [0.2, 0.25) is 0 Å². The van der Waals surface area contributed by atoms with Gasteiger partial charge in [-0.15, -0.1) is 12.6 Å². The van der Waals surface area contributed by atoms with E-state index in [-0.39, 0.29) is 5.91 Å². The second-order valence-electron chi connectivity index (χ2n) is 3.94. The van der Waals surface area contributed by atoms with Crippen LogP contribution in [0.4, 0.5) is 0 Å². The van der Waals surface area contributed by atoms with Crippen molar-refractivity contribution >= 4 is 18.5 Å². The Balaban J connectivity index is 2.85. The summed E-state index contributed by atoms with van der Waals surface area (Å²) in [5.41, 5.74) is 0.710. The SMILES string of the molecule is CCC(CC)N(C)C(=O)c1cccc(S)c1. The van der Waals surface area contributed by atoms with Gasteiger partial charge in [-0.25, -0.2) is 0 Å². The minimum absolute atomic E-state index is 0.0737. The standard InChI is InChI=1S/C13H19NOS/c1-4-11(5-2)14(3)13(15)10-7-6-8-12(16)9-10/h6-9,11,16H,4-5H2,1-3H3. The number of amides is 1. The van der Waals surface area contributed by atoms with E-state index in [4.69, 9.17) is 0 Å². The van der Waals surface area contributed by atoms with E-state index in [1.807, 2.05) is 36.2 Å². The average molecular weight is 237 g/mol. The molecule has 0 fully saturated rings. The van der Waals surface area contributed by atoms with Crippen LogP contribution in [-0.2, 0) is 0 Å². The molecule has 0 spiro atoms. The number of thiol groups is 1. The molecule has 88 valence electrons. The molecular weight excluding hydrogens is 218 g/mol. The number of hydrogen-bond acceptors (Lipinski definition) is 2. The molecular formula is C13H19NOS. The molecule has 0 aromatic heterocycles. The van der Waals surface area contributed by atoms with Gasteiger partial charge in [0.25, 0.3) is 5.91 Å². The van der Waals surface area contributed by atoms with E-state index in [9.17, 15) is 4.79 Å². The normalized spacial score (nSPS) is 10.6. The maximum Gasteiger partial charge on any atom is 0.253 e. The molecule has 0 aliphatic carbocycles. The van der Waals surface area contributed by atoms with Gasteiger partial charge in [0.1, 0.15) is 0 Å². The fourth-order valence-corrected chi connectivity index (χ4v) is 2.07. The van der Waals surface area contributed by atoms with E-state index in [0.717, 1.165) is 17.7 Å². The summed E-state index contributed by atoms with van der Waals surface area (Å²) in [4.78, 5) is 14.8. The molecule has 0 radical (unpaired) electrons. The Hall–Kier alpha value is -0.960. The van der Waals surface area contributed by atoms with E-state index < -0.39 is 0 Å². The monoisotopic (exact) mass is 237 g/mol. The first-order valence-corrected chi connectivity index (χ1v) is 6.11. The topological polar surface area (TPSA) is 20.3 Å². The van der Waals surface area contributed by atoms with E-state index in [2.05, 4.69) is 26.5 Å². The summed E-state index contributed by atoms with van der Waals surface area (Å²) in [7, 11) is 1.87. The molecule has 0 saturated heterocycles. The summed E-state index contributed by atoms with van der Waals surface area (Å²) < 4.78 is 0. The summed E-state index contributed by atoms with van der Waals surface area (Å²) in [5, 5.41) is 0. The number of nitrogens with zero attached hydrogens (tertiary/aromatic N) is 1. The van der Waals surface area contributed by atoms with Gasteiger partial charge in [0.15, 0.2) is 0 Å². The third-order valence-electron chi connectivity index (χ3n) is 2.90. The highest BCUT2D eigenvalue weighted by molar-refractivity contribution is 7.80. The van der Waals surface area contributed by atoms with E-state index in [1.165, 1.54) is 0 Å². The largest absolute Gasteiger partial charge is 0.339 e. The summed E-state index contributed by atoms with van der Waals surface area (Å²) in [6.07, 6.45) is 1.97. The molecule has 2 nitrogen and oxygen atoms in total. The van der Waals surface area contributed by atoms with Gasteiger partial charge in [-0.05, 0) is 31.0 Å². The highest BCUT2D eigenvalue weighted by Gasteiger charge is 2.17. The van der Waals surface area contributed by atoms with Gasteiger partial charge in [-0.1, -0.05) is 19.9 Å². The van der Waals surface area contributed by atoms with Crippen LogP contribution >= 0.6 is 12.6 Å². The maximum absolute atomic E-state index is 12.1. The Morgan fingerprint density at radius 2 is 2.00 bits per heavy atom. The molecule has 1 aromatic carbocycles. The van der Waals surface area contributed by atoms with Crippen LogP contribution in [0, 0.1) is 0 Å². The van der Waals surface area contributed by atoms with Crippen LogP contribution in [-0.4, -0.2) is 23.9 Å². The van der Waals surface area contributed by atoms with Crippen LogP contribution in [0.2, 0.25) is 0 Å². The lowest BCUT2D eigenvalue weighted by atomic mass is 10.1. The lowest BCUT2D eigenvalue weighted by molar-refractivity contribution is 0.0723. The third-order valence-corrected chi connectivity index (χ3v) is 3.18. The van der Waals surface area contributed by atoms with Crippen molar-refractivity contribution in [2.75, 3.05) is 7.05 Å². The van der Waals surface area contributed by atoms with Crippen molar-refractivity contribution in [1.82, 2.24) is 4.90 Å². The molecule has 0 unspecified atom stereocenters. The lowest BCUT2D eigenvalue weighted by Crippen LogP contribution is -2.36. The molecule has 1 aromatic rings. The molecule has 0 bridgehead atoms. The fourth-order valence-electron chi connectivity index (χ4n) is 1.84. The second-order valence-corrected chi connectivity index (χ2v) is 4.45. The number of carbonyl (C=O) groups excluding carboxylic acids is 1. The zero-order valence-corrected chi connectivity index (χ0v) is 11.0. The van der Waals surface area contributed by atoms with E-state index in [0.29, 0.717) is 11.6 Å². The zero-order valence-electron chi connectivity index (χ0n) is 10.1. The number of benzene rings is 1. The van der Waals surface area contributed by atoms with Crippen LogP contribution in [0.1, 0.15) is 37.0 Å². The smallest absolute Gasteiger partial charge is 0.253 e. The molecule has 0 N–H and O–H groups in total. The van der Waals surface area contributed by atoms with Crippen LogP contribution in [0.5, 0.6) is 0 Å². The van der Waals surface area contributed by atoms with Crippen molar-refractivity contribution in [2.24, 2.45) is 0 Å². The highest BCUT2D eigenvalue weighted by atomic mass is 32.1. The Labute approximate surface area is 103 Å². The number of carbonyl (C=O) groups is 1. The number of hydrogen-bond donors (Lipinski definition) is 1. The quantitative estimate of drug-likeness (QED) is 0.797. The fraction of sp³-hybridized carbons (Fsp3) is 0.462. The zero-order chi connectivity index (χ0) is 12.1. The minimum atomic E-state index is 0.0737. The summed E-state index contributed by atoms with van der Waals surface area (Å²) in [6.45, 7) is 4.21. The van der Waals surface area contributed by atoms with Gasteiger partial charge in [0, 0.05) is 23.5 Å². The Morgan fingerprint density at radius 1 is 1.38 bits per heavy atom. The Bertz CT molecular complexity index is 361. The van der Waals surface area contributed by atoms with Gasteiger partial charge >= 0.3 is 0 Å². The minimum Gasteiger partial charge on any atom is -0.339 e. The van der Waals surface area contributed by atoms with Crippen molar-refractivity contribution in [3.63, 3.8) is 0 Å². The Kier molecular flexibility index (Phi) is 4.87. The molecule has 1 rings (SSSR count). The van der Waals surface area contributed by atoms with Crippen molar-refractivity contribution < 1.29 is 4.79 Å². The predicted octanol–water partition coefficient (Wildman–Crippen LogP) is 3.24. The van der Waals surface area contributed by atoms with E-state index in [1.54, 1.807) is 0 Å². The van der Waals surface area contributed by atoms with Crippen LogP contribution in [0.15, 0.2) is 29.2 Å². The van der Waals surface area contributed by atoms with Crippen LogP contribution in [0.25, 0.3) is 0 Å². The molecule has 3 heteroatoms. The molecule has 16 heavy (non-hydrogen) atoms. The molecule has 0 aliphatic heterocycles. The molecule has 0 saturated carbocycles. The summed E-state index contributed by atoms with van der Waals surface area (Å²) >= 11 is 4.24. The molecule has 0 heterocycles. The summed E-state index contributed by atoms with van der Waals surface area (Å²) in [6, 6.07) is 7.69. The van der Waals surface area contributed by atoms with Gasteiger partial charge in [-0.2, -0.15) is 0 Å². The third kappa shape index (κ3) is 3.01. The van der Waals surface area contributed by atoms with Gasteiger partial charge in [-0.3, -0.25) is 4.79 Å². The first-order valence-electron chi connectivity index (χ1n) is 5.66. The Morgan fingerprint density at radius 3 is 2.50 bits per heavy atom. The molecule has 0 atom stereocenters.